The summed E-state index contributed by atoms with van der Waals surface area (Å²) in [7, 11) is 0. The van der Waals surface area contributed by atoms with Crippen LogP contribution in [0.4, 0.5) is 0 Å². The topological polar surface area (TPSA) is 17.1 Å². The third kappa shape index (κ3) is 2.01. The van der Waals surface area contributed by atoms with Gasteiger partial charge in [0.25, 0.3) is 0 Å². The molecule has 90 valence electrons. The zero-order chi connectivity index (χ0) is 12.5. The van der Waals surface area contributed by atoms with Gasteiger partial charge in [0.2, 0.25) is 0 Å². The molecule has 0 amide bonds. The molecular weight excluding hydrogens is 288 g/mol. The highest BCUT2D eigenvalue weighted by molar-refractivity contribution is 9.10. The lowest BCUT2D eigenvalue weighted by molar-refractivity contribution is 0.103. The molecule has 0 heterocycles. The number of carbonyl (C=O) groups excluding carboxylic acids is 1. The minimum absolute atomic E-state index is 0.154. The fraction of sp³-hybridized carbons (Fsp3) is 0.188. The minimum atomic E-state index is 0.154. The van der Waals surface area contributed by atoms with Crippen LogP contribution in [0, 0.1) is 0 Å². The van der Waals surface area contributed by atoms with Gasteiger partial charge < -0.3 is 0 Å². The quantitative estimate of drug-likeness (QED) is 0.714. The van der Waals surface area contributed by atoms with E-state index in [1.165, 1.54) is 5.56 Å². The van der Waals surface area contributed by atoms with Crippen molar-refractivity contribution in [1.29, 1.82) is 0 Å². The molecule has 0 aliphatic heterocycles. The first-order valence-corrected chi connectivity index (χ1v) is 6.96. The first kappa shape index (κ1) is 11.7. The van der Waals surface area contributed by atoms with Crippen LogP contribution in [0.3, 0.4) is 0 Å². The minimum Gasteiger partial charge on any atom is -0.289 e. The Balaban J connectivity index is 2.19. The van der Waals surface area contributed by atoms with E-state index in [0.717, 1.165) is 40.4 Å². The molecule has 0 saturated heterocycles. The van der Waals surface area contributed by atoms with Gasteiger partial charge in [-0.2, -0.15) is 0 Å². The summed E-state index contributed by atoms with van der Waals surface area (Å²) < 4.78 is 0.965. The van der Waals surface area contributed by atoms with Crippen LogP contribution < -0.4 is 0 Å². The van der Waals surface area contributed by atoms with E-state index in [9.17, 15) is 4.79 Å². The summed E-state index contributed by atoms with van der Waals surface area (Å²) in [5.74, 6) is 0.154. The number of carbonyl (C=O) groups is 1. The van der Waals surface area contributed by atoms with Gasteiger partial charge in [-0.05, 0) is 42.5 Å². The predicted molar refractivity (Wildman–Crippen MR) is 76.0 cm³/mol. The van der Waals surface area contributed by atoms with Gasteiger partial charge in [0, 0.05) is 15.6 Å². The molecule has 0 atom stereocenters. The average Bonchev–Trinajstić information content (AvgIpc) is 2.38. The van der Waals surface area contributed by atoms with E-state index >= 15 is 0 Å². The Morgan fingerprint density at radius 2 is 1.61 bits per heavy atom. The highest BCUT2D eigenvalue weighted by Gasteiger charge is 2.19. The number of fused-ring (bicyclic) bond motifs is 2. The van der Waals surface area contributed by atoms with Gasteiger partial charge in [-0.15, -0.1) is 0 Å². The van der Waals surface area contributed by atoms with Crippen LogP contribution in [0.2, 0.25) is 0 Å². The Morgan fingerprint density at radius 1 is 0.889 bits per heavy atom. The Kier molecular flexibility index (Phi) is 3.04. The molecule has 0 spiro atoms. The Labute approximate surface area is 115 Å². The van der Waals surface area contributed by atoms with Crippen molar-refractivity contribution in [3.05, 3.63) is 69.2 Å². The van der Waals surface area contributed by atoms with Crippen LogP contribution in [-0.2, 0) is 12.8 Å². The van der Waals surface area contributed by atoms with Crippen molar-refractivity contribution in [3.8, 4) is 0 Å². The van der Waals surface area contributed by atoms with Gasteiger partial charge in [-0.3, -0.25) is 4.79 Å². The highest BCUT2D eigenvalue weighted by atomic mass is 79.9. The predicted octanol–water partition coefficient (Wildman–Crippen LogP) is 4.17. The first-order chi connectivity index (χ1) is 8.75. The number of aryl methyl sites for hydroxylation is 2. The zero-order valence-electron chi connectivity index (χ0n) is 9.95. The lowest BCUT2D eigenvalue weighted by Crippen LogP contribution is -2.12. The number of benzene rings is 2. The summed E-state index contributed by atoms with van der Waals surface area (Å²) in [4.78, 5) is 12.6. The lowest BCUT2D eigenvalue weighted by Gasteiger charge is -2.16. The second-order valence-electron chi connectivity index (χ2n) is 4.64. The molecule has 3 rings (SSSR count). The maximum atomic E-state index is 12.6. The lowest BCUT2D eigenvalue weighted by atomic mass is 9.88. The van der Waals surface area contributed by atoms with Gasteiger partial charge in [-0.1, -0.05) is 46.3 Å². The van der Waals surface area contributed by atoms with Crippen LogP contribution >= 0.6 is 15.9 Å². The highest BCUT2D eigenvalue weighted by Crippen LogP contribution is 2.26. The largest absolute Gasteiger partial charge is 0.289 e. The van der Waals surface area contributed by atoms with Crippen LogP contribution in [0.25, 0.3) is 0 Å². The molecule has 1 aliphatic rings. The van der Waals surface area contributed by atoms with Crippen molar-refractivity contribution >= 4 is 21.7 Å². The van der Waals surface area contributed by atoms with Gasteiger partial charge in [0.1, 0.15) is 0 Å². The van der Waals surface area contributed by atoms with Crippen molar-refractivity contribution < 1.29 is 4.79 Å². The van der Waals surface area contributed by atoms with Gasteiger partial charge in [0.15, 0.2) is 5.78 Å². The van der Waals surface area contributed by atoms with Crippen molar-refractivity contribution in [2.75, 3.05) is 0 Å². The molecule has 0 unspecified atom stereocenters. The second-order valence-corrected chi connectivity index (χ2v) is 5.56. The molecule has 1 nitrogen and oxygen atoms in total. The molecule has 2 aromatic carbocycles. The summed E-state index contributed by atoms with van der Waals surface area (Å²) in [5, 5.41) is 0. The average molecular weight is 301 g/mol. The number of rotatable bonds is 0. The van der Waals surface area contributed by atoms with Crippen LogP contribution in [-0.4, -0.2) is 5.78 Å². The Morgan fingerprint density at radius 3 is 2.44 bits per heavy atom. The van der Waals surface area contributed by atoms with Crippen LogP contribution in [0.15, 0.2) is 46.9 Å². The molecule has 1 aliphatic carbocycles. The van der Waals surface area contributed by atoms with E-state index in [0.29, 0.717) is 0 Å². The van der Waals surface area contributed by atoms with E-state index in [-0.39, 0.29) is 5.78 Å². The standard InChI is InChI=1S/C16H13BrO/c17-13-9-8-12-6-3-5-11-4-1-2-7-14(11)16(18)15(12)10-13/h1-2,4,7-10H,3,5-6H2. The zero-order valence-corrected chi connectivity index (χ0v) is 11.5. The van der Waals surface area contributed by atoms with E-state index in [1.807, 2.05) is 30.3 Å². The van der Waals surface area contributed by atoms with Gasteiger partial charge in [-0.25, -0.2) is 0 Å². The molecule has 18 heavy (non-hydrogen) atoms. The third-order valence-electron chi connectivity index (χ3n) is 3.47. The molecule has 2 heteroatoms. The molecule has 2 aromatic rings. The van der Waals surface area contributed by atoms with Crippen molar-refractivity contribution in [2.45, 2.75) is 19.3 Å². The van der Waals surface area contributed by atoms with E-state index in [4.69, 9.17) is 0 Å². The van der Waals surface area contributed by atoms with Crippen molar-refractivity contribution in [2.24, 2.45) is 0 Å². The van der Waals surface area contributed by atoms with Crippen molar-refractivity contribution in [1.82, 2.24) is 0 Å². The summed E-state index contributed by atoms with van der Waals surface area (Å²) in [6, 6.07) is 14.0. The normalized spacial score (nSPS) is 14.4. The van der Waals surface area contributed by atoms with Crippen LogP contribution in [0.1, 0.15) is 33.5 Å². The van der Waals surface area contributed by atoms with Gasteiger partial charge in [0.05, 0.1) is 0 Å². The number of halogens is 1. The summed E-state index contributed by atoms with van der Waals surface area (Å²) >= 11 is 3.45. The fourth-order valence-corrected chi connectivity index (χ4v) is 2.91. The maximum Gasteiger partial charge on any atom is 0.193 e. The van der Waals surface area contributed by atoms with E-state index in [1.54, 1.807) is 0 Å². The first-order valence-electron chi connectivity index (χ1n) is 6.17. The van der Waals surface area contributed by atoms with E-state index < -0.39 is 0 Å². The fourth-order valence-electron chi connectivity index (χ4n) is 2.55. The number of ketones is 1. The molecule has 0 radical (unpaired) electrons. The van der Waals surface area contributed by atoms with Crippen molar-refractivity contribution in [3.63, 3.8) is 0 Å². The smallest absolute Gasteiger partial charge is 0.193 e. The van der Waals surface area contributed by atoms with E-state index in [2.05, 4.69) is 28.1 Å². The molecule has 0 bridgehead atoms. The van der Waals surface area contributed by atoms with Crippen LogP contribution in [0.5, 0.6) is 0 Å². The number of hydrogen-bond donors (Lipinski definition) is 0. The van der Waals surface area contributed by atoms with Gasteiger partial charge >= 0.3 is 0 Å². The summed E-state index contributed by atoms with van der Waals surface area (Å²) in [6.07, 6.45) is 3.05. The third-order valence-corrected chi connectivity index (χ3v) is 3.96. The molecule has 0 fully saturated rings. The monoisotopic (exact) mass is 300 g/mol. The maximum absolute atomic E-state index is 12.6. The summed E-state index contributed by atoms with van der Waals surface area (Å²) in [6.45, 7) is 0. The molecule has 0 N–H and O–H groups in total. The molecular formula is C16H13BrO. The Hall–Kier alpha value is -1.41. The summed E-state index contributed by atoms with van der Waals surface area (Å²) in [5.41, 5.74) is 4.04. The SMILES string of the molecule is O=C1c2ccccc2CCCc2ccc(Br)cc21. The molecule has 0 aromatic heterocycles. The molecule has 0 saturated carbocycles. The second kappa shape index (κ2) is 4.69. The Bertz CT molecular complexity index is 616. The number of hydrogen-bond acceptors (Lipinski definition) is 1.